The molecular weight excluding hydrogens is 186 g/mol. The Bertz CT molecular complexity index is 380. The Kier molecular flexibility index (Phi) is 3.20. The summed E-state index contributed by atoms with van der Waals surface area (Å²) in [5.41, 5.74) is 1.31. The van der Waals surface area contributed by atoms with Crippen LogP contribution in [0.1, 0.15) is 17.4 Å². The third kappa shape index (κ3) is 2.48. The van der Waals surface area contributed by atoms with Crippen LogP contribution >= 0.6 is 0 Å². The van der Waals surface area contributed by atoms with Crippen molar-refractivity contribution in [3.8, 4) is 0 Å². The van der Waals surface area contributed by atoms with E-state index < -0.39 is 0 Å². The molecule has 1 atom stereocenters. The van der Waals surface area contributed by atoms with Crippen molar-refractivity contribution in [2.75, 3.05) is 7.05 Å². The lowest BCUT2D eigenvalue weighted by molar-refractivity contribution is 0.429. The summed E-state index contributed by atoms with van der Waals surface area (Å²) in [5, 5.41) is 3.26. The average molecular weight is 201 g/mol. The summed E-state index contributed by atoms with van der Waals surface area (Å²) in [5.74, 6) is 0.987. The fourth-order valence-corrected chi connectivity index (χ4v) is 1.68. The molecule has 2 nitrogen and oxygen atoms in total. The average Bonchev–Trinajstić information content (AvgIpc) is 2.81. The van der Waals surface area contributed by atoms with Gasteiger partial charge in [-0.15, -0.1) is 0 Å². The van der Waals surface area contributed by atoms with Crippen LogP contribution in [0.15, 0.2) is 53.1 Å². The van der Waals surface area contributed by atoms with Crippen molar-refractivity contribution in [3.63, 3.8) is 0 Å². The quantitative estimate of drug-likeness (QED) is 0.822. The van der Waals surface area contributed by atoms with Gasteiger partial charge in [-0.25, -0.2) is 0 Å². The van der Waals surface area contributed by atoms with Crippen molar-refractivity contribution >= 4 is 0 Å². The van der Waals surface area contributed by atoms with Crippen molar-refractivity contribution in [1.29, 1.82) is 0 Å². The van der Waals surface area contributed by atoms with Crippen molar-refractivity contribution in [3.05, 3.63) is 60.1 Å². The summed E-state index contributed by atoms with van der Waals surface area (Å²) in [6, 6.07) is 14.6. The molecule has 2 rings (SSSR count). The van der Waals surface area contributed by atoms with Crippen molar-refractivity contribution in [1.82, 2.24) is 5.32 Å². The number of benzene rings is 1. The summed E-state index contributed by atoms with van der Waals surface area (Å²) in [6.45, 7) is 0. The Hall–Kier alpha value is -1.54. The zero-order valence-corrected chi connectivity index (χ0v) is 8.81. The summed E-state index contributed by atoms with van der Waals surface area (Å²) < 4.78 is 5.40. The summed E-state index contributed by atoms with van der Waals surface area (Å²) in [7, 11) is 1.95. The lowest BCUT2D eigenvalue weighted by atomic mass is 10.0. The van der Waals surface area contributed by atoms with Gasteiger partial charge in [-0.05, 0) is 31.2 Å². The monoisotopic (exact) mass is 201 g/mol. The van der Waals surface area contributed by atoms with Gasteiger partial charge < -0.3 is 9.73 Å². The van der Waals surface area contributed by atoms with E-state index >= 15 is 0 Å². The Balaban J connectivity index is 2.10. The number of rotatable bonds is 4. The first kappa shape index (κ1) is 9.99. The van der Waals surface area contributed by atoms with Gasteiger partial charge in [-0.2, -0.15) is 0 Å². The molecule has 15 heavy (non-hydrogen) atoms. The molecule has 0 amide bonds. The van der Waals surface area contributed by atoms with E-state index in [9.17, 15) is 0 Å². The molecule has 0 aliphatic heterocycles. The topological polar surface area (TPSA) is 25.2 Å². The fourth-order valence-electron chi connectivity index (χ4n) is 1.68. The highest BCUT2D eigenvalue weighted by Gasteiger charge is 2.11. The molecule has 0 radical (unpaired) electrons. The first-order valence-electron chi connectivity index (χ1n) is 5.15. The van der Waals surface area contributed by atoms with Gasteiger partial charge in [-0.1, -0.05) is 30.3 Å². The zero-order valence-electron chi connectivity index (χ0n) is 8.81. The minimum absolute atomic E-state index is 0.252. The molecule has 0 saturated carbocycles. The van der Waals surface area contributed by atoms with Crippen molar-refractivity contribution in [2.45, 2.75) is 12.5 Å². The van der Waals surface area contributed by atoms with Crippen LogP contribution < -0.4 is 5.32 Å². The smallest absolute Gasteiger partial charge is 0.121 e. The Labute approximate surface area is 89.9 Å². The molecule has 78 valence electrons. The van der Waals surface area contributed by atoms with Gasteiger partial charge in [0.25, 0.3) is 0 Å². The summed E-state index contributed by atoms with van der Waals surface area (Å²) >= 11 is 0. The third-order valence-electron chi connectivity index (χ3n) is 2.52. The molecule has 0 fully saturated rings. The molecule has 1 heterocycles. The number of hydrogen-bond acceptors (Lipinski definition) is 2. The Morgan fingerprint density at radius 1 is 1.13 bits per heavy atom. The second-order valence-corrected chi connectivity index (χ2v) is 3.55. The SMILES string of the molecule is CN[C@@H](Cc1ccccc1)c1ccco1. The van der Waals surface area contributed by atoms with E-state index in [0.717, 1.165) is 12.2 Å². The first-order chi connectivity index (χ1) is 7.40. The van der Waals surface area contributed by atoms with Crippen molar-refractivity contribution < 1.29 is 4.42 Å². The predicted molar refractivity (Wildman–Crippen MR) is 60.7 cm³/mol. The van der Waals surface area contributed by atoms with Gasteiger partial charge in [0.15, 0.2) is 0 Å². The normalized spacial score (nSPS) is 12.6. The van der Waals surface area contributed by atoms with E-state index in [1.165, 1.54) is 5.56 Å². The minimum Gasteiger partial charge on any atom is -0.468 e. The molecule has 1 aromatic heterocycles. The van der Waals surface area contributed by atoms with Gasteiger partial charge in [-0.3, -0.25) is 0 Å². The molecule has 2 heteroatoms. The Morgan fingerprint density at radius 2 is 1.93 bits per heavy atom. The van der Waals surface area contributed by atoms with Crippen LogP contribution in [0.25, 0.3) is 0 Å². The molecule has 0 aliphatic rings. The van der Waals surface area contributed by atoms with Crippen LogP contribution in [0.2, 0.25) is 0 Å². The third-order valence-corrected chi connectivity index (χ3v) is 2.52. The highest BCUT2D eigenvalue weighted by Crippen LogP contribution is 2.18. The van der Waals surface area contributed by atoms with Gasteiger partial charge in [0.1, 0.15) is 5.76 Å². The van der Waals surface area contributed by atoms with Crippen molar-refractivity contribution in [2.24, 2.45) is 0 Å². The van der Waals surface area contributed by atoms with Crippen LogP contribution in [0, 0.1) is 0 Å². The summed E-state index contributed by atoms with van der Waals surface area (Å²) in [6.07, 6.45) is 2.66. The van der Waals surface area contributed by atoms with Gasteiger partial charge >= 0.3 is 0 Å². The van der Waals surface area contributed by atoms with E-state index in [1.54, 1.807) is 6.26 Å². The van der Waals surface area contributed by atoms with Gasteiger partial charge in [0.2, 0.25) is 0 Å². The lowest BCUT2D eigenvalue weighted by Gasteiger charge is -2.13. The maximum absolute atomic E-state index is 5.40. The standard InChI is InChI=1S/C13H15NO/c1-14-12(13-8-5-9-15-13)10-11-6-3-2-4-7-11/h2-9,12,14H,10H2,1H3/t12-/m0/s1. The van der Waals surface area contributed by atoms with Crippen LogP contribution in [0.4, 0.5) is 0 Å². The number of nitrogens with one attached hydrogen (secondary N) is 1. The molecule has 0 saturated heterocycles. The second-order valence-electron chi connectivity index (χ2n) is 3.55. The zero-order chi connectivity index (χ0) is 10.5. The highest BCUT2D eigenvalue weighted by atomic mass is 16.3. The van der Waals surface area contributed by atoms with E-state index in [2.05, 4.69) is 29.6 Å². The molecule has 1 aromatic carbocycles. The molecule has 2 aromatic rings. The molecule has 0 spiro atoms. The fraction of sp³-hybridized carbons (Fsp3) is 0.231. The van der Waals surface area contributed by atoms with E-state index in [4.69, 9.17) is 4.42 Å². The minimum atomic E-state index is 0.252. The maximum Gasteiger partial charge on any atom is 0.121 e. The van der Waals surface area contributed by atoms with E-state index in [-0.39, 0.29) is 6.04 Å². The first-order valence-corrected chi connectivity index (χ1v) is 5.15. The maximum atomic E-state index is 5.40. The number of hydrogen-bond donors (Lipinski definition) is 1. The molecule has 0 bridgehead atoms. The Morgan fingerprint density at radius 3 is 2.53 bits per heavy atom. The second kappa shape index (κ2) is 4.80. The lowest BCUT2D eigenvalue weighted by Crippen LogP contribution is -2.18. The van der Waals surface area contributed by atoms with Crippen LogP contribution in [0.5, 0.6) is 0 Å². The van der Waals surface area contributed by atoms with E-state index in [1.807, 2.05) is 25.2 Å². The van der Waals surface area contributed by atoms with Gasteiger partial charge in [0.05, 0.1) is 12.3 Å². The van der Waals surface area contributed by atoms with Crippen LogP contribution in [-0.4, -0.2) is 7.05 Å². The predicted octanol–water partition coefficient (Wildman–Crippen LogP) is 2.78. The largest absolute Gasteiger partial charge is 0.468 e. The highest BCUT2D eigenvalue weighted by molar-refractivity contribution is 5.18. The number of likely N-dealkylation sites (N-methyl/N-ethyl adjacent to an activating group) is 1. The summed E-state index contributed by atoms with van der Waals surface area (Å²) in [4.78, 5) is 0. The number of furan rings is 1. The van der Waals surface area contributed by atoms with Crippen LogP contribution in [0.3, 0.4) is 0 Å². The van der Waals surface area contributed by atoms with Crippen LogP contribution in [-0.2, 0) is 6.42 Å². The van der Waals surface area contributed by atoms with Gasteiger partial charge in [0, 0.05) is 0 Å². The molecule has 0 unspecified atom stereocenters. The van der Waals surface area contributed by atoms with E-state index in [0.29, 0.717) is 0 Å². The molecular formula is C13H15NO. The molecule has 0 aliphatic carbocycles. The molecule has 1 N–H and O–H groups in total.